The fourth-order valence-electron chi connectivity index (χ4n) is 4.24. The summed E-state index contributed by atoms with van der Waals surface area (Å²) in [6.45, 7) is 6.43. The van der Waals surface area contributed by atoms with E-state index in [0.29, 0.717) is 0 Å². The summed E-state index contributed by atoms with van der Waals surface area (Å²) in [5.41, 5.74) is 0. The van der Waals surface area contributed by atoms with Crippen LogP contribution in [0.25, 0.3) is 0 Å². The average Bonchev–Trinajstić information content (AvgIpc) is 3.09. The first-order valence-corrected chi connectivity index (χ1v) is 12.1. The zero-order valence-electron chi connectivity index (χ0n) is 17.4. The maximum Gasteiger partial charge on any atom is 0.261 e. The van der Waals surface area contributed by atoms with Crippen LogP contribution in [-0.2, 0) is 9.16 Å². The molecule has 4 atom stereocenters. The third-order valence-electron chi connectivity index (χ3n) is 5.75. The van der Waals surface area contributed by atoms with Crippen LogP contribution in [0.3, 0.4) is 0 Å². The van der Waals surface area contributed by atoms with Crippen LogP contribution < -0.4 is 10.4 Å². The predicted molar refractivity (Wildman–Crippen MR) is 116 cm³/mol. The van der Waals surface area contributed by atoms with E-state index in [0.717, 1.165) is 10.4 Å². The molecular weight excluding hydrogens is 384 g/mol. The first-order valence-electron chi connectivity index (χ1n) is 10.2. The molecule has 2 aromatic rings. The number of ether oxygens (including phenoxy) is 1. The molecule has 29 heavy (non-hydrogen) atoms. The van der Waals surface area contributed by atoms with Gasteiger partial charge in [0.2, 0.25) is 0 Å². The van der Waals surface area contributed by atoms with Crippen molar-refractivity contribution in [1.29, 1.82) is 0 Å². The van der Waals surface area contributed by atoms with Gasteiger partial charge in [0.1, 0.15) is 12.2 Å². The van der Waals surface area contributed by atoms with Gasteiger partial charge in [0.25, 0.3) is 8.32 Å². The Labute approximate surface area is 174 Å². The van der Waals surface area contributed by atoms with Gasteiger partial charge in [0.15, 0.2) is 0 Å². The topological polar surface area (TPSA) is 79.2 Å². The lowest BCUT2D eigenvalue weighted by Gasteiger charge is -2.43. The van der Waals surface area contributed by atoms with Crippen molar-refractivity contribution in [1.82, 2.24) is 0 Å². The first-order chi connectivity index (χ1) is 13.8. The molecule has 0 radical (unpaired) electrons. The zero-order valence-corrected chi connectivity index (χ0v) is 18.4. The molecule has 1 fully saturated rings. The molecule has 158 valence electrons. The van der Waals surface area contributed by atoms with Crippen LogP contribution in [0.2, 0.25) is 5.04 Å². The highest BCUT2D eigenvalue weighted by molar-refractivity contribution is 6.99. The van der Waals surface area contributed by atoms with Gasteiger partial charge in [-0.15, -0.1) is 0 Å². The third kappa shape index (κ3) is 4.48. The smallest absolute Gasteiger partial charge is 0.261 e. The Kier molecular flexibility index (Phi) is 6.93. The Morgan fingerprint density at radius 1 is 1.03 bits per heavy atom. The number of aliphatic hydroxyl groups excluding tert-OH is 3. The number of hydrogen-bond acceptors (Lipinski definition) is 5. The highest BCUT2D eigenvalue weighted by Gasteiger charge is 2.51. The van der Waals surface area contributed by atoms with Gasteiger partial charge >= 0.3 is 0 Å². The Hall–Kier alpha value is -1.54. The second-order valence-corrected chi connectivity index (χ2v) is 13.0. The fourth-order valence-corrected chi connectivity index (χ4v) is 8.81. The number of benzene rings is 2. The summed E-state index contributed by atoms with van der Waals surface area (Å²) in [6, 6.07) is 20.6. The highest BCUT2D eigenvalue weighted by Crippen LogP contribution is 2.37. The van der Waals surface area contributed by atoms with Crippen LogP contribution >= 0.6 is 0 Å². The molecule has 0 amide bonds. The molecule has 1 saturated heterocycles. The van der Waals surface area contributed by atoms with Gasteiger partial charge in [-0.05, 0) is 15.4 Å². The minimum Gasteiger partial charge on any atom is -0.405 e. The molecule has 2 aromatic carbocycles. The fraction of sp³-hybridized carbons (Fsp3) is 0.478. The molecule has 0 spiro atoms. The first kappa shape index (κ1) is 22.1. The third-order valence-corrected chi connectivity index (χ3v) is 10.8. The van der Waals surface area contributed by atoms with Crippen LogP contribution in [0.15, 0.2) is 60.7 Å². The van der Waals surface area contributed by atoms with Gasteiger partial charge in [-0.3, -0.25) is 0 Å². The second-order valence-electron chi connectivity index (χ2n) is 8.74. The van der Waals surface area contributed by atoms with Gasteiger partial charge in [0.05, 0.1) is 25.4 Å². The predicted octanol–water partition coefficient (Wildman–Crippen LogP) is 1.43. The van der Waals surface area contributed by atoms with E-state index < -0.39 is 32.7 Å². The maximum absolute atomic E-state index is 10.5. The second kappa shape index (κ2) is 9.08. The van der Waals surface area contributed by atoms with Crippen LogP contribution in [0.1, 0.15) is 27.2 Å². The van der Waals surface area contributed by atoms with Crippen LogP contribution in [0.5, 0.6) is 0 Å². The normalized spacial score (nSPS) is 23.9. The summed E-state index contributed by atoms with van der Waals surface area (Å²) in [5, 5.41) is 31.7. The quantitative estimate of drug-likeness (QED) is 0.595. The number of hydrogen-bond donors (Lipinski definition) is 3. The molecule has 0 bridgehead atoms. The molecule has 6 heteroatoms. The molecule has 1 aliphatic heterocycles. The minimum atomic E-state index is -2.71. The van der Waals surface area contributed by atoms with Gasteiger partial charge in [0, 0.05) is 6.42 Å². The van der Waals surface area contributed by atoms with Crippen molar-refractivity contribution in [3.05, 3.63) is 60.7 Å². The summed E-state index contributed by atoms with van der Waals surface area (Å²) < 4.78 is 12.6. The number of rotatable bonds is 7. The lowest BCUT2D eigenvalue weighted by Crippen LogP contribution is -2.67. The molecule has 1 heterocycles. The maximum atomic E-state index is 10.5. The van der Waals surface area contributed by atoms with Crippen molar-refractivity contribution < 1.29 is 24.5 Å². The zero-order chi connectivity index (χ0) is 21.1. The Bertz CT molecular complexity index is 722. The van der Waals surface area contributed by atoms with Crippen molar-refractivity contribution in [3.63, 3.8) is 0 Å². The summed E-state index contributed by atoms with van der Waals surface area (Å²) in [7, 11) is -2.71. The Morgan fingerprint density at radius 2 is 1.55 bits per heavy atom. The van der Waals surface area contributed by atoms with E-state index in [4.69, 9.17) is 9.16 Å². The minimum absolute atomic E-state index is 0.163. The molecule has 0 aliphatic carbocycles. The van der Waals surface area contributed by atoms with Crippen molar-refractivity contribution in [2.24, 2.45) is 0 Å². The van der Waals surface area contributed by atoms with Crippen molar-refractivity contribution >= 4 is 18.7 Å². The SMILES string of the molecule is CC(C)(C)[Si](OC[C@H]1O[C@H]([C@H](O)CO)C[C@@H]1O)(c1ccccc1)c1ccccc1. The van der Waals surface area contributed by atoms with E-state index in [1.807, 2.05) is 36.4 Å². The summed E-state index contributed by atoms with van der Waals surface area (Å²) in [4.78, 5) is 0. The molecule has 5 nitrogen and oxygen atoms in total. The van der Waals surface area contributed by atoms with E-state index >= 15 is 0 Å². The molecule has 0 aromatic heterocycles. The van der Waals surface area contributed by atoms with Crippen molar-refractivity contribution in [2.75, 3.05) is 13.2 Å². The highest BCUT2D eigenvalue weighted by atomic mass is 28.4. The van der Waals surface area contributed by atoms with Crippen molar-refractivity contribution in [3.8, 4) is 0 Å². The van der Waals surface area contributed by atoms with Gasteiger partial charge < -0.3 is 24.5 Å². The monoisotopic (exact) mass is 416 g/mol. The summed E-state index contributed by atoms with van der Waals surface area (Å²) in [6.07, 6.45) is -2.57. The van der Waals surface area contributed by atoms with E-state index in [-0.39, 0.29) is 24.7 Å². The summed E-state index contributed by atoms with van der Waals surface area (Å²) in [5.74, 6) is 0. The lowest BCUT2D eigenvalue weighted by molar-refractivity contribution is -0.0718. The number of aliphatic hydroxyl groups is 3. The standard InChI is InChI=1S/C23H32O5Si/c1-23(2,3)29(17-10-6-4-7-11-17,18-12-8-5-9-13-18)27-16-22-19(25)14-21(28-22)20(26)15-24/h4-13,19-22,24-26H,14-16H2,1-3H3/t19-,20+,21-,22+/m0/s1. The molecule has 3 N–H and O–H groups in total. The Balaban J connectivity index is 1.95. The van der Waals surface area contributed by atoms with E-state index in [2.05, 4.69) is 45.0 Å². The largest absolute Gasteiger partial charge is 0.405 e. The molecule has 0 saturated carbocycles. The van der Waals surface area contributed by atoms with Gasteiger partial charge in [-0.1, -0.05) is 81.4 Å². The van der Waals surface area contributed by atoms with E-state index in [1.165, 1.54) is 0 Å². The average molecular weight is 417 g/mol. The van der Waals surface area contributed by atoms with E-state index in [9.17, 15) is 15.3 Å². The molecule has 1 aliphatic rings. The van der Waals surface area contributed by atoms with Crippen molar-refractivity contribution in [2.45, 2.75) is 56.6 Å². The van der Waals surface area contributed by atoms with Crippen LogP contribution in [0.4, 0.5) is 0 Å². The van der Waals surface area contributed by atoms with Crippen LogP contribution in [-0.4, -0.2) is 61.3 Å². The molecule has 0 unspecified atom stereocenters. The molecule has 3 rings (SSSR count). The molecular formula is C23H32O5Si. The van der Waals surface area contributed by atoms with Crippen LogP contribution in [0, 0.1) is 0 Å². The lowest BCUT2D eigenvalue weighted by atomic mass is 10.1. The summed E-state index contributed by atoms with van der Waals surface area (Å²) >= 11 is 0. The van der Waals surface area contributed by atoms with Gasteiger partial charge in [-0.2, -0.15) is 0 Å². The Morgan fingerprint density at radius 3 is 2.00 bits per heavy atom. The van der Waals surface area contributed by atoms with E-state index in [1.54, 1.807) is 0 Å². The van der Waals surface area contributed by atoms with Gasteiger partial charge in [-0.25, -0.2) is 0 Å².